The van der Waals surface area contributed by atoms with Crippen molar-refractivity contribution in [1.29, 1.82) is 0 Å². The first-order valence-electron chi connectivity index (χ1n) is 6.08. The fourth-order valence-electron chi connectivity index (χ4n) is 0. The van der Waals surface area contributed by atoms with Crippen molar-refractivity contribution < 1.29 is 19.2 Å². The summed E-state index contributed by atoms with van der Waals surface area (Å²) in [5.74, 6) is 0. The molecule has 21 heavy (non-hydrogen) atoms. The standard InChI is InChI=1S/4C3H5.4Ca.O4Si/c4*1-3-2;;;;;1-5(2,3)4/h4*3H,1-2H2;;;;;/q;;;;4*+1;-4. The molecule has 0 spiro atoms. The second kappa shape index (κ2) is 39.2. The molecule has 0 unspecified atom stereocenters. The molecule has 0 aliphatic heterocycles. The van der Waals surface area contributed by atoms with Gasteiger partial charge >= 0.3 is 204 Å². The van der Waals surface area contributed by atoms with Crippen LogP contribution in [-0.4, -0.2) is 152 Å². The molecule has 0 rings (SSSR count). The zero-order chi connectivity index (χ0) is 18.2. The number of allylic oxidation sites excluding steroid dienone is 4. The topological polar surface area (TPSA) is 92.2 Å². The fraction of sp³-hybridized carbons (Fsp3) is 0.333. The third-order valence-electron chi connectivity index (χ3n) is 0.816. The van der Waals surface area contributed by atoms with E-state index in [1.807, 2.05) is 24.3 Å². The van der Waals surface area contributed by atoms with Gasteiger partial charge in [0.05, 0.1) is 0 Å². The summed E-state index contributed by atoms with van der Waals surface area (Å²) in [6.45, 7) is 14.0. The minimum atomic E-state index is -5.61. The van der Waals surface area contributed by atoms with Crippen molar-refractivity contribution >= 4 is 152 Å². The molecule has 0 atom stereocenters. The van der Waals surface area contributed by atoms with Gasteiger partial charge in [0.2, 0.25) is 0 Å². The Labute approximate surface area is 226 Å². The van der Waals surface area contributed by atoms with Gasteiger partial charge in [-0.15, -0.1) is 0 Å². The van der Waals surface area contributed by atoms with Crippen LogP contribution in [-0.2, 0) is 0 Å². The molecule has 104 valence electrons. The summed E-state index contributed by atoms with van der Waals surface area (Å²) < 4.78 is 4.83. The van der Waals surface area contributed by atoms with Crippen molar-refractivity contribution in [1.82, 2.24) is 0 Å². The van der Waals surface area contributed by atoms with E-state index in [9.17, 15) is 0 Å². The van der Waals surface area contributed by atoms with Gasteiger partial charge in [-0.25, -0.2) is 0 Å². The molecule has 0 saturated heterocycles. The molecule has 0 aliphatic rings. The molecule has 0 aromatic rings. The van der Waals surface area contributed by atoms with Gasteiger partial charge in [0.1, 0.15) is 0 Å². The number of hydrogen-bond donors (Lipinski definition) is 0. The van der Waals surface area contributed by atoms with Crippen molar-refractivity contribution in [2.75, 3.05) is 0 Å². The first kappa shape index (κ1) is 36.0. The van der Waals surface area contributed by atoms with Crippen molar-refractivity contribution in [3.63, 3.8) is 0 Å². The minimum absolute atomic E-state index is 1.21. The molecule has 0 amide bonds. The molecule has 0 aromatic carbocycles. The van der Waals surface area contributed by atoms with Crippen molar-refractivity contribution in [3.8, 4) is 0 Å². The molecule has 4 nitrogen and oxygen atoms in total. The summed E-state index contributed by atoms with van der Waals surface area (Å²) in [6, 6.07) is 0. The van der Waals surface area contributed by atoms with Crippen molar-refractivity contribution in [2.24, 2.45) is 0 Å². The molecular weight excluding hydrogens is 397 g/mol. The van der Waals surface area contributed by atoms with Crippen molar-refractivity contribution in [3.05, 3.63) is 50.6 Å². The van der Waals surface area contributed by atoms with Gasteiger partial charge in [0, 0.05) is 0 Å². The van der Waals surface area contributed by atoms with E-state index in [4.69, 9.17) is 19.2 Å². The average Bonchev–Trinajstić information content (AvgIpc) is 2.45. The Morgan fingerprint density at radius 2 is 0.619 bits per heavy atom. The molecule has 0 saturated carbocycles. The van der Waals surface area contributed by atoms with E-state index in [-0.39, 0.29) is 0 Å². The van der Waals surface area contributed by atoms with Crippen LogP contribution >= 0.6 is 0 Å². The van der Waals surface area contributed by atoms with E-state index in [0.29, 0.717) is 0 Å². The molecule has 0 fully saturated rings. The van der Waals surface area contributed by atoms with Crippen LogP contribution in [0.2, 0.25) is 10.1 Å². The third kappa shape index (κ3) is 180. The molecule has 9 heteroatoms. The summed E-state index contributed by atoms with van der Waals surface area (Å²) in [4.78, 5) is 34.3. The maximum Gasteiger partial charge on any atom is -0.426 e. The van der Waals surface area contributed by atoms with Gasteiger partial charge in [-0.2, -0.15) is 0 Å². The summed E-state index contributed by atoms with van der Waals surface area (Å²) >= 11 is 5.40. The van der Waals surface area contributed by atoms with Gasteiger partial charge < -0.3 is 28.2 Å². The number of hydrogen-bond acceptors (Lipinski definition) is 4. The molecule has 0 aliphatic carbocycles. The fourth-order valence-corrected chi connectivity index (χ4v) is 0. The summed E-state index contributed by atoms with van der Waals surface area (Å²) in [5.41, 5.74) is 0. The Hall–Kier alpha value is 4.06. The Kier molecular flexibility index (Phi) is 67.3. The first-order chi connectivity index (χ1) is 9.66. The molecule has 0 aromatic heterocycles. The van der Waals surface area contributed by atoms with Crippen LogP contribution in [0.1, 0.15) is 0 Å². The quantitative estimate of drug-likeness (QED) is 0.388. The zero-order valence-corrected chi connectivity index (χ0v) is 22.8. The summed E-state index contributed by atoms with van der Waals surface area (Å²) in [5, 5.41) is 0. The van der Waals surface area contributed by atoms with Gasteiger partial charge in [-0.3, -0.25) is 0 Å². The van der Waals surface area contributed by atoms with E-state index in [1.54, 1.807) is 0 Å². The van der Waals surface area contributed by atoms with Crippen LogP contribution in [0, 0.1) is 0 Å². The molecular formula is C12H20Ca4O4Si. The minimum Gasteiger partial charge on any atom is -0.894 e. The van der Waals surface area contributed by atoms with E-state index in [2.05, 4.69) is 26.3 Å². The van der Waals surface area contributed by atoms with E-state index in [1.165, 1.54) is 153 Å². The first-order valence-corrected chi connectivity index (χ1v) is 14.0. The SMILES string of the molecule is C=C[CH2][Ca+].C=C[CH2][Ca+].C=C[CH2][Ca+].C=C[CH2][Ca+].[O-][Si]([O-])([O-])[O-]. The third-order valence-corrected chi connectivity index (χ3v) is 3.37. The normalized spacial score (nSPS) is 7.81. The van der Waals surface area contributed by atoms with Gasteiger partial charge in [-0.1, -0.05) is 0 Å². The van der Waals surface area contributed by atoms with Gasteiger partial charge in [0.25, 0.3) is 0 Å². The van der Waals surface area contributed by atoms with Crippen LogP contribution in [0.15, 0.2) is 50.6 Å². The predicted molar refractivity (Wildman–Crippen MR) is 88.8 cm³/mol. The molecule has 0 N–H and O–H groups in total. The summed E-state index contributed by atoms with van der Waals surface area (Å²) in [7, 11) is -5.61. The monoisotopic (exact) mass is 416 g/mol. The Balaban J connectivity index is -0.0000000510. The summed E-state index contributed by atoms with van der Waals surface area (Å²) in [6.07, 6.45) is 7.72. The smallest absolute Gasteiger partial charge is 0.426 e. The molecule has 0 bridgehead atoms. The number of rotatable bonds is 4. The van der Waals surface area contributed by atoms with Crippen LogP contribution in [0.4, 0.5) is 0 Å². The zero-order valence-electron chi connectivity index (χ0n) is 12.9. The molecule has 0 radical (unpaired) electrons. The Morgan fingerprint density at radius 1 is 0.571 bits per heavy atom. The van der Waals surface area contributed by atoms with Gasteiger partial charge in [-0.05, 0) is 0 Å². The van der Waals surface area contributed by atoms with Crippen molar-refractivity contribution in [2.45, 2.75) is 10.1 Å². The second-order valence-electron chi connectivity index (χ2n) is 2.81. The van der Waals surface area contributed by atoms with Crippen LogP contribution in [0.5, 0.6) is 0 Å². The van der Waals surface area contributed by atoms with Crippen LogP contribution < -0.4 is 19.2 Å². The van der Waals surface area contributed by atoms with Crippen LogP contribution in [0.3, 0.4) is 0 Å². The predicted octanol–water partition coefficient (Wildman–Crippen LogP) is -2.10. The molecule has 0 heterocycles. The Bertz CT molecular complexity index is 174. The van der Waals surface area contributed by atoms with E-state index in [0.717, 1.165) is 0 Å². The van der Waals surface area contributed by atoms with Crippen LogP contribution in [0.25, 0.3) is 0 Å². The maximum absolute atomic E-state index is 8.58. The second-order valence-corrected chi connectivity index (χ2v) is 7.42. The average molecular weight is 417 g/mol. The Morgan fingerprint density at radius 3 is 0.619 bits per heavy atom. The van der Waals surface area contributed by atoms with E-state index < -0.39 is 9.05 Å². The maximum atomic E-state index is 8.58. The van der Waals surface area contributed by atoms with E-state index >= 15 is 0 Å². The van der Waals surface area contributed by atoms with Gasteiger partial charge in [0.15, 0.2) is 0 Å². The largest absolute Gasteiger partial charge is 0.894 e.